The van der Waals surface area contributed by atoms with Crippen LogP contribution in [0.3, 0.4) is 0 Å². The average molecular weight is 292 g/mol. The van der Waals surface area contributed by atoms with Gasteiger partial charge in [-0.2, -0.15) is 0 Å². The zero-order valence-corrected chi connectivity index (χ0v) is 13.5. The first-order chi connectivity index (χ1) is 10.2. The normalized spacial score (nSPS) is 24.5. The molecule has 1 saturated carbocycles. The summed E-state index contributed by atoms with van der Waals surface area (Å²) in [4.78, 5) is 0. The van der Waals surface area contributed by atoms with Crippen LogP contribution in [0, 0.1) is 5.92 Å². The predicted molar refractivity (Wildman–Crippen MR) is 85.2 cm³/mol. The minimum absolute atomic E-state index is 0.143. The first-order valence-electron chi connectivity index (χ1n) is 8.28. The highest BCUT2D eigenvalue weighted by molar-refractivity contribution is 5.45. The van der Waals surface area contributed by atoms with Crippen LogP contribution in [0.5, 0.6) is 11.5 Å². The Morgan fingerprint density at radius 2 is 1.71 bits per heavy atom. The van der Waals surface area contributed by atoms with E-state index in [1.807, 2.05) is 6.07 Å². The smallest absolute Gasteiger partial charge is 0.161 e. The number of ether oxygens (including phenoxy) is 2. The number of hydrogen-bond acceptors (Lipinski definition) is 3. The van der Waals surface area contributed by atoms with Gasteiger partial charge in [0.05, 0.1) is 19.3 Å². The molecular formula is C18H28O3. The second-order valence-electron chi connectivity index (χ2n) is 5.88. The molecule has 1 aromatic carbocycles. The van der Waals surface area contributed by atoms with E-state index >= 15 is 0 Å². The van der Waals surface area contributed by atoms with Gasteiger partial charge in [0.25, 0.3) is 0 Å². The van der Waals surface area contributed by atoms with E-state index in [1.165, 1.54) is 5.56 Å². The molecule has 3 atom stereocenters. The van der Waals surface area contributed by atoms with Crippen LogP contribution in [0.15, 0.2) is 18.2 Å². The maximum Gasteiger partial charge on any atom is 0.161 e. The lowest BCUT2D eigenvalue weighted by atomic mass is 9.66. The van der Waals surface area contributed by atoms with Crippen molar-refractivity contribution in [2.75, 3.05) is 13.2 Å². The van der Waals surface area contributed by atoms with Crippen molar-refractivity contribution in [3.63, 3.8) is 0 Å². The number of hydrogen-bond donors (Lipinski definition) is 1. The number of aliphatic hydroxyl groups is 1. The summed E-state index contributed by atoms with van der Waals surface area (Å²) in [5.74, 6) is 2.52. The molecule has 118 valence electrons. The minimum atomic E-state index is -0.143. The topological polar surface area (TPSA) is 38.7 Å². The second-order valence-corrected chi connectivity index (χ2v) is 5.88. The molecule has 0 aliphatic heterocycles. The molecule has 1 aliphatic carbocycles. The van der Waals surface area contributed by atoms with Gasteiger partial charge >= 0.3 is 0 Å². The first kappa shape index (κ1) is 16.2. The fraction of sp³-hybridized carbons (Fsp3) is 0.667. The lowest BCUT2D eigenvalue weighted by Gasteiger charge is -2.41. The molecule has 21 heavy (non-hydrogen) atoms. The summed E-state index contributed by atoms with van der Waals surface area (Å²) < 4.78 is 11.6. The molecule has 0 amide bonds. The van der Waals surface area contributed by atoms with Crippen LogP contribution >= 0.6 is 0 Å². The summed E-state index contributed by atoms with van der Waals surface area (Å²) in [6.07, 6.45) is 3.71. The van der Waals surface area contributed by atoms with Gasteiger partial charge in [-0.05, 0) is 48.8 Å². The van der Waals surface area contributed by atoms with Gasteiger partial charge in [-0.25, -0.2) is 0 Å². The van der Waals surface area contributed by atoms with E-state index in [1.54, 1.807) is 0 Å². The van der Waals surface area contributed by atoms with Crippen molar-refractivity contribution in [1.29, 1.82) is 0 Å². The zero-order valence-electron chi connectivity index (χ0n) is 13.5. The number of aliphatic hydroxyl groups excluding tert-OH is 1. The Morgan fingerprint density at radius 3 is 2.29 bits per heavy atom. The first-order valence-corrected chi connectivity index (χ1v) is 8.28. The zero-order chi connectivity index (χ0) is 15.2. The van der Waals surface area contributed by atoms with Crippen LogP contribution in [0.4, 0.5) is 0 Å². The fourth-order valence-electron chi connectivity index (χ4n) is 3.03. The van der Waals surface area contributed by atoms with Gasteiger partial charge < -0.3 is 14.6 Å². The Kier molecular flexibility index (Phi) is 5.92. The van der Waals surface area contributed by atoms with Crippen molar-refractivity contribution in [2.24, 2.45) is 5.92 Å². The molecule has 2 rings (SSSR count). The van der Waals surface area contributed by atoms with E-state index < -0.39 is 0 Å². The van der Waals surface area contributed by atoms with E-state index in [-0.39, 0.29) is 6.10 Å². The highest BCUT2D eigenvalue weighted by Gasteiger charge is 2.39. The Labute approximate surface area is 128 Å². The van der Waals surface area contributed by atoms with E-state index in [4.69, 9.17) is 9.47 Å². The summed E-state index contributed by atoms with van der Waals surface area (Å²) in [6, 6.07) is 6.26. The third-order valence-corrected chi connectivity index (χ3v) is 4.30. The van der Waals surface area contributed by atoms with Gasteiger partial charge in [-0.3, -0.25) is 0 Å². The Morgan fingerprint density at radius 1 is 1.05 bits per heavy atom. The maximum absolute atomic E-state index is 9.86. The molecule has 1 aliphatic rings. The lowest BCUT2D eigenvalue weighted by Crippen LogP contribution is -2.39. The molecule has 1 N–H and O–H groups in total. The third-order valence-electron chi connectivity index (χ3n) is 4.30. The minimum Gasteiger partial charge on any atom is -0.490 e. The monoisotopic (exact) mass is 292 g/mol. The molecule has 0 radical (unpaired) electrons. The van der Waals surface area contributed by atoms with Gasteiger partial charge in [-0.1, -0.05) is 33.3 Å². The summed E-state index contributed by atoms with van der Waals surface area (Å²) in [7, 11) is 0. The lowest BCUT2D eigenvalue weighted by molar-refractivity contribution is -0.000818. The molecule has 3 nitrogen and oxygen atoms in total. The predicted octanol–water partition coefficient (Wildman–Crippen LogP) is 4.14. The standard InChI is InChI=1S/C18H28O3/c1-4-9-20-17-8-7-13(11-18(17)21-10-5-2)15-12-16(19)14(15)6-3/h7-8,11,14-16,19H,4-6,9-10,12H2,1-3H3. The van der Waals surface area contributed by atoms with Crippen LogP contribution < -0.4 is 9.47 Å². The van der Waals surface area contributed by atoms with Crippen LogP contribution in [-0.4, -0.2) is 24.4 Å². The SMILES string of the molecule is CCCOc1ccc(C2CC(O)C2CC)cc1OCCC. The molecular weight excluding hydrogens is 264 g/mol. The van der Waals surface area contributed by atoms with E-state index in [2.05, 4.69) is 32.9 Å². The summed E-state index contributed by atoms with van der Waals surface area (Å²) in [5.41, 5.74) is 1.27. The molecule has 1 aromatic rings. The van der Waals surface area contributed by atoms with Gasteiger partial charge in [0.15, 0.2) is 11.5 Å². The van der Waals surface area contributed by atoms with Gasteiger partial charge in [0.1, 0.15) is 0 Å². The van der Waals surface area contributed by atoms with Gasteiger partial charge in [0.2, 0.25) is 0 Å². The largest absolute Gasteiger partial charge is 0.490 e. The molecule has 0 spiro atoms. The van der Waals surface area contributed by atoms with Crippen LogP contribution in [-0.2, 0) is 0 Å². The quantitative estimate of drug-likeness (QED) is 0.782. The fourth-order valence-corrected chi connectivity index (χ4v) is 3.03. The van der Waals surface area contributed by atoms with Crippen molar-refractivity contribution < 1.29 is 14.6 Å². The van der Waals surface area contributed by atoms with Crippen molar-refractivity contribution in [3.8, 4) is 11.5 Å². The highest BCUT2D eigenvalue weighted by atomic mass is 16.5. The van der Waals surface area contributed by atoms with Crippen molar-refractivity contribution in [2.45, 2.75) is 58.5 Å². The molecule has 0 aromatic heterocycles. The second kappa shape index (κ2) is 7.69. The Bertz CT molecular complexity index is 444. The van der Waals surface area contributed by atoms with Crippen molar-refractivity contribution in [1.82, 2.24) is 0 Å². The molecule has 3 unspecified atom stereocenters. The van der Waals surface area contributed by atoms with Crippen LogP contribution in [0.1, 0.15) is 57.9 Å². The molecule has 0 heterocycles. The van der Waals surface area contributed by atoms with Crippen molar-refractivity contribution >= 4 is 0 Å². The van der Waals surface area contributed by atoms with E-state index in [9.17, 15) is 5.11 Å². The number of rotatable bonds is 8. The highest BCUT2D eigenvalue weighted by Crippen LogP contribution is 2.46. The van der Waals surface area contributed by atoms with E-state index in [0.717, 1.165) is 37.2 Å². The van der Waals surface area contributed by atoms with Gasteiger partial charge in [0, 0.05) is 0 Å². The molecule has 0 bridgehead atoms. The Balaban J connectivity index is 2.16. The number of benzene rings is 1. The van der Waals surface area contributed by atoms with Crippen LogP contribution in [0.2, 0.25) is 0 Å². The summed E-state index contributed by atoms with van der Waals surface area (Å²) in [6.45, 7) is 7.76. The summed E-state index contributed by atoms with van der Waals surface area (Å²) >= 11 is 0. The van der Waals surface area contributed by atoms with Gasteiger partial charge in [-0.15, -0.1) is 0 Å². The molecule has 0 saturated heterocycles. The maximum atomic E-state index is 9.86. The summed E-state index contributed by atoms with van der Waals surface area (Å²) in [5, 5.41) is 9.86. The van der Waals surface area contributed by atoms with Crippen molar-refractivity contribution in [3.05, 3.63) is 23.8 Å². The van der Waals surface area contributed by atoms with Crippen LogP contribution in [0.25, 0.3) is 0 Å². The molecule has 1 fully saturated rings. The molecule has 3 heteroatoms. The average Bonchev–Trinajstić information content (AvgIpc) is 2.49. The Hall–Kier alpha value is -1.22. The van der Waals surface area contributed by atoms with E-state index in [0.29, 0.717) is 25.0 Å². The third kappa shape index (κ3) is 3.70.